The number of para-hydroxylation sites is 1. The highest BCUT2D eigenvalue weighted by atomic mass is 15.3. The van der Waals surface area contributed by atoms with E-state index < -0.39 is 0 Å². The van der Waals surface area contributed by atoms with Gasteiger partial charge in [-0.2, -0.15) is 10.1 Å². The number of aryl methyl sites for hydroxylation is 1. The third-order valence-electron chi connectivity index (χ3n) is 4.31. The summed E-state index contributed by atoms with van der Waals surface area (Å²) in [6.45, 7) is 4.16. The number of fused-ring (bicyclic) bond motifs is 1. The third kappa shape index (κ3) is 3.17. The molecule has 128 valence electrons. The van der Waals surface area contributed by atoms with E-state index in [-0.39, 0.29) is 0 Å². The fourth-order valence-corrected chi connectivity index (χ4v) is 2.77. The van der Waals surface area contributed by atoms with Crippen LogP contribution >= 0.6 is 0 Å². The van der Waals surface area contributed by atoms with Crippen LogP contribution in [0.1, 0.15) is 11.1 Å². The summed E-state index contributed by atoms with van der Waals surface area (Å²) in [6, 6.07) is 16.0. The van der Waals surface area contributed by atoms with Crippen molar-refractivity contribution in [1.82, 2.24) is 20.2 Å². The molecule has 6 heteroatoms. The van der Waals surface area contributed by atoms with Gasteiger partial charge in [-0.3, -0.25) is 4.98 Å². The lowest BCUT2D eigenvalue weighted by Crippen LogP contribution is -2.03. The Bertz CT molecular complexity index is 1070. The van der Waals surface area contributed by atoms with Crippen LogP contribution in [0.5, 0.6) is 0 Å². The Labute approximate surface area is 151 Å². The fourth-order valence-electron chi connectivity index (χ4n) is 2.77. The number of pyridine rings is 1. The summed E-state index contributed by atoms with van der Waals surface area (Å²) in [5, 5.41) is 15.7. The molecule has 0 unspecified atom stereocenters. The molecule has 0 bridgehead atoms. The summed E-state index contributed by atoms with van der Waals surface area (Å²) in [6.07, 6.45) is 3.37. The van der Waals surface area contributed by atoms with Crippen LogP contribution < -0.4 is 10.6 Å². The zero-order chi connectivity index (χ0) is 17.9. The van der Waals surface area contributed by atoms with Crippen molar-refractivity contribution in [3.05, 3.63) is 72.1 Å². The second kappa shape index (κ2) is 6.76. The van der Waals surface area contributed by atoms with Gasteiger partial charge in [0.25, 0.3) is 0 Å². The van der Waals surface area contributed by atoms with Crippen molar-refractivity contribution >= 4 is 34.0 Å². The number of rotatable bonds is 4. The molecule has 0 saturated heterocycles. The molecule has 6 nitrogen and oxygen atoms in total. The Balaban J connectivity index is 1.62. The van der Waals surface area contributed by atoms with E-state index in [1.165, 1.54) is 11.1 Å². The summed E-state index contributed by atoms with van der Waals surface area (Å²) in [5.74, 6) is 1.04. The summed E-state index contributed by atoms with van der Waals surface area (Å²) < 4.78 is 0. The smallest absolute Gasteiger partial charge is 0.249 e. The predicted molar refractivity (Wildman–Crippen MR) is 104 cm³/mol. The first-order valence-electron chi connectivity index (χ1n) is 8.34. The molecule has 26 heavy (non-hydrogen) atoms. The predicted octanol–water partition coefficient (Wildman–Crippen LogP) is 4.52. The molecule has 0 radical (unpaired) electrons. The van der Waals surface area contributed by atoms with Gasteiger partial charge >= 0.3 is 0 Å². The molecule has 2 heterocycles. The Morgan fingerprint density at radius 3 is 2.58 bits per heavy atom. The van der Waals surface area contributed by atoms with Crippen LogP contribution in [0.25, 0.3) is 10.9 Å². The molecule has 0 amide bonds. The number of aromatic nitrogens is 4. The van der Waals surface area contributed by atoms with Gasteiger partial charge in [0.05, 0.1) is 17.4 Å². The molecule has 0 aliphatic rings. The van der Waals surface area contributed by atoms with E-state index in [1.54, 1.807) is 12.4 Å². The first kappa shape index (κ1) is 16.0. The maximum atomic E-state index is 4.52. The molecule has 0 spiro atoms. The highest BCUT2D eigenvalue weighted by Crippen LogP contribution is 2.24. The summed E-state index contributed by atoms with van der Waals surface area (Å²) in [7, 11) is 0. The van der Waals surface area contributed by atoms with Crippen LogP contribution in [-0.2, 0) is 0 Å². The van der Waals surface area contributed by atoms with E-state index in [0.717, 1.165) is 22.3 Å². The SMILES string of the molecule is Cc1cccc(Nc2cnnc(Nc3cccc4cccnc34)n2)c1C. The summed E-state index contributed by atoms with van der Waals surface area (Å²) in [5.41, 5.74) is 5.11. The maximum Gasteiger partial charge on any atom is 0.249 e. The molecular formula is C20H18N6. The van der Waals surface area contributed by atoms with Crippen LogP contribution in [0.3, 0.4) is 0 Å². The van der Waals surface area contributed by atoms with Crippen molar-refractivity contribution in [2.24, 2.45) is 0 Å². The number of hydrogen-bond donors (Lipinski definition) is 2. The monoisotopic (exact) mass is 342 g/mol. The van der Waals surface area contributed by atoms with Crippen molar-refractivity contribution in [2.75, 3.05) is 10.6 Å². The number of nitrogens with one attached hydrogen (secondary N) is 2. The van der Waals surface area contributed by atoms with E-state index >= 15 is 0 Å². The zero-order valence-electron chi connectivity index (χ0n) is 14.6. The zero-order valence-corrected chi connectivity index (χ0v) is 14.6. The van der Waals surface area contributed by atoms with E-state index in [1.807, 2.05) is 42.5 Å². The first-order chi connectivity index (χ1) is 12.7. The number of anilines is 4. The lowest BCUT2D eigenvalue weighted by atomic mass is 10.1. The molecule has 2 aromatic carbocycles. The van der Waals surface area contributed by atoms with Crippen LogP contribution in [0.2, 0.25) is 0 Å². The van der Waals surface area contributed by atoms with Crippen molar-refractivity contribution in [2.45, 2.75) is 13.8 Å². The lowest BCUT2D eigenvalue weighted by Gasteiger charge is -2.11. The van der Waals surface area contributed by atoms with E-state index in [2.05, 4.69) is 50.7 Å². The molecule has 0 atom stereocenters. The first-order valence-corrected chi connectivity index (χ1v) is 8.34. The van der Waals surface area contributed by atoms with Crippen LogP contribution in [0.15, 0.2) is 60.9 Å². The second-order valence-corrected chi connectivity index (χ2v) is 6.04. The van der Waals surface area contributed by atoms with E-state index in [4.69, 9.17) is 0 Å². The van der Waals surface area contributed by atoms with Crippen molar-refractivity contribution in [1.29, 1.82) is 0 Å². The highest BCUT2D eigenvalue weighted by Gasteiger charge is 2.07. The molecule has 0 saturated carbocycles. The van der Waals surface area contributed by atoms with Gasteiger partial charge in [-0.1, -0.05) is 30.3 Å². The molecule has 2 aromatic heterocycles. The minimum absolute atomic E-state index is 0.415. The maximum absolute atomic E-state index is 4.52. The molecule has 2 N–H and O–H groups in total. The average Bonchev–Trinajstić information content (AvgIpc) is 2.66. The Morgan fingerprint density at radius 2 is 1.65 bits per heavy atom. The fraction of sp³-hybridized carbons (Fsp3) is 0.100. The normalized spacial score (nSPS) is 10.7. The standard InChI is InChI=1S/C20H18N6/c1-13-6-3-9-16(14(13)2)23-18-12-22-26-20(25-18)24-17-10-4-7-15-8-5-11-21-19(15)17/h3-12H,1-2H3,(H2,23,24,25,26). The molecule has 0 aliphatic carbocycles. The third-order valence-corrected chi connectivity index (χ3v) is 4.31. The van der Waals surface area contributed by atoms with Crippen LogP contribution in [0.4, 0.5) is 23.1 Å². The molecule has 0 fully saturated rings. The largest absolute Gasteiger partial charge is 0.339 e. The number of benzene rings is 2. The van der Waals surface area contributed by atoms with Gasteiger partial charge in [-0.05, 0) is 43.2 Å². The van der Waals surface area contributed by atoms with Gasteiger partial charge in [0.1, 0.15) is 0 Å². The minimum Gasteiger partial charge on any atom is -0.339 e. The Kier molecular flexibility index (Phi) is 4.15. The Morgan fingerprint density at radius 1 is 0.846 bits per heavy atom. The molecule has 4 aromatic rings. The topological polar surface area (TPSA) is 75.6 Å². The Hall–Kier alpha value is -3.54. The lowest BCUT2D eigenvalue weighted by molar-refractivity contribution is 0.982. The minimum atomic E-state index is 0.415. The van der Waals surface area contributed by atoms with E-state index in [9.17, 15) is 0 Å². The summed E-state index contributed by atoms with van der Waals surface area (Å²) >= 11 is 0. The van der Waals surface area contributed by atoms with Gasteiger partial charge in [0.15, 0.2) is 5.82 Å². The van der Waals surface area contributed by atoms with E-state index in [0.29, 0.717) is 11.8 Å². The van der Waals surface area contributed by atoms with Crippen LogP contribution in [0, 0.1) is 13.8 Å². The molecular weight excluding hydrogens is 324 g/mol. The second-order valence-electron chi connectivity index (χ2n) is 6.04. The van der Waals surface area contributed by atoms with Gasteiger partial charge in [-0.25, -0.2) is 0 Å². The van der Waals surface area contributed by atoms with Crippen molar-refractivity contribution in [3.8, 4) is 0 Å². The number of nitrogens with zero attached hydrogens (tertiary/aromatic N) is 4. The van der Waals surface area contributed by atoms with Crippen molar-refractivity contribution < 1.29 is 0 Å². The summed E-state index contributed by atoms with van der Waals surface area (Å²) in [4.78, 5) is 8.95. The number of hydrogen-bond acceptors (Lipinski definition) is 6. The highest BCUT2D eigenvalue weighted by molar-refractivity contribution is 5.91. The average molecular weight is 342 g/mol. The van der Waals surface area contributed by atoms with Crippen molar-refractivity contribution in [3.63, 3.8) is 0 Å². The van der Waals surface area contributed by atoms with Crippen LogP contribution in [-0.4, -0.2) is 20.2 Å². The van der Waals surface area contributed by atoms with Gasteiger partial charge in [0, 0.05) is 17.3 Å². The van der Waals surface area contributed by atoms with Gasteiger partial charge in [-0.15, -0.1) is 5.10 Å². The van der Waals surface area contributed by atoms with Gasteiger partial charge < -0.3 is 10.6 Å². The molecule has 0 aliphatic heterocycles. The quantitative estimate of drug-likeness (QED) is 0.568. The molecule has 4 rings (SSSR count). The van der Waals surface area contributed by atoms with Gasteiger partial charge in [0.2, 0.25) is 5.95 Å².